The van der Waals surface area contributed by atoms with E-state index in [1.54, 1.807) is 6.08 Å². The van der Waals surface area contributed by atoms with Crippen LogP contribution in [0.2, 0.25) is 0 Å². The third kappa shape index (κ3) is 6.67. The van der Waals surface area contributed by atoms with Gasteiger partial charge in [-0.1, -0.05) is 61.1 Å². The molecule has 3 nitrogen and oxygen atoms in total. The van der Waals surface area contributed by atoms with Crippen LogP contribution in [0, 0.1) is 5.92 Å². The van der Waals surface area contributed by atoms with Gasteiger partial charge in [0.2, 0.25) is 0 Å². The predicted octanol–water partition coefficient (Wildman–Crippen LogP) is 6.16. The summed E-state index contributed by atoms with van der Waals surface area (Å²) in [6.07, 6.45) is 19.3. The Hall–Kier alpha value is -2.65. The number of allylic oxidation sites excluding steroid dienone is 10. The van der Waals surface area contributed by atoms with Crippen molar-refractivity contribution < 1.29 is 9.53 Å². The second-order valence-electron chi connectivity index (χ2n) is 8.45. The quantitative estimate of drug-likeness (QED) is 0.404. The monoisotopic (exact) mass is 417 g/mol. The van der Waals surface area contributed by atoms with Gasteiger partial charge >= 0.3 is 0 Å². The summed E-state index contributed by atoms with van der Waals surface area (Å²) in [5.74, 6) is 1.39. The molecule has 0 saturated heterocycles. The number of hydrogen-bond donors (Lipinski definition) is 0. The zero-order valence-electron chi connectivity index (χ0n) is 19.1. The van der Waals surface area contributed by atoms with Crippen molar-refractivity contribution in [3.05, 3.63) is 83.5 Å². The molecule has 164 valence electrons. The highest BCUT2D eigenvalue weighted by Crippen LogP contribution is 2.37. The van der Waals surface area contributed by atoms with Gasteiger partial charge in [0.05, 0.1) is 6.61 Å². The fourth-order valence-corrected chi connectivity index (χ4v) is 4.11. The van der Waals surface area contributed by atoms with Gasteiger partial charge in [0.1, 0.15) is 5.75 Å². The summed E-state index contributed by atoms with van der Waals surface area (Å²) >= 11 is 0. The summed E-state index contributed by atoms with van der Waals surface area (Å²) < 4.78 is 5.97. The number of hydrogen-bond acceptors (Lipinski definition) is 3. The average molecular weight is 418 g/mol. The Morgan fingerprint density at radius 3 is 2.39 bits per heavy atom. The minimum absolute atomic E-state index is 0.163. The number of nitrogens with zero attached hydrogens (tertiary/aromatic N) is 1. The van der Waals surface area contributed by atoms with Crippen LogP contribution in [0.4, 0.5) is 0 Å². The fraction of sp³-hybridized carbons (Fsp3) is 0.393. The minimum Gasteiger partial charge on any atom is -0.494 e. The first-order valence-corrected chi connectivity index (χ1v) is 11.5. The molecule has 0 fully saturated rings. The van der Waals surface area contributed by atoms with Crippen molar-refractivity contribution >= 4 is 11.4 Å². The third-order valence-electron chi connectivity index (χ3n) is 5.77. The first-order valence-electron chi connectivity index (χ1n) is 11.5. The van der Waals surface area contributed by atoms with E-state index >= 15 is 0 Å². The number of carbonyl (C=O) groups excluding carboxylic acids is 1. The van der Waals surface area contributed by atoms with Crippen molar-refractivity contribution in [2.24, 2.45) is 5.92 Å². The summed E-state index contributed by atoms with van der Waals surface area (Å²) in [7, 11) is 4.22. The standard InChI is InChI=1S/C28H35NO2/c1-4-27(22-10-6-7-11-22)28(23-12-16-25(30)17-13-23)24-14-18-26(19-15-24)31-21-9-5-8-20-29(2)3/h6-7,10-16,18-19,22H,4-5,8-9,17,20-21H2,1-3H3/b28-27-. The van der Waals surface area contributed by atoms with Gasteiger partial charge in [-0.25, -0.2) is 0 Å². The lowest BCUT2D eigenvalue weighted by Crippen LogP contribution is -2.13. The molecular formula is C28H35NO2. The molecule has 3 rings (SSSR count). The highest BCUT2D eigenvalue weighted by atomic mass is 16.5. The maximum atomic E-state index is 11.7. The molecule has 0 aliphatic heterocycles. The molecule has 1 aromatic carbocycles. The smallest absolute Gasteiger partial charge is 0.159 e. The number of carbonyl (C=O) groups is 1. The molecule has 1 aromatic rings. The largest absolute Gasteiger partial charge is 0.494 e. The third-order valence-corrected chi connectivity index (χ3v) is 5.77. The van der Waals surface area contributed by atoms with Crippen molar-refractivity contribution in [3.63, 3.8) is 0 Å². The molecule has 3 heteroatoms. The molecule has 31 heavy (non-hydrogen) atoms. The molecule has 0 atom stereocenters. The molecule has 0 unspecified atom stereocenters. The topological polar surface area (TPSA) is 29.5 Å². The van der Waals surface area contributed by atoms with E-state index in [0.29, 0.717) is 12.3 Å². The summed E-state index contributed by atoms with van der Waals surface area (Å²) in [5, 5.41) is 0. The van der Waals surface area contributed by atoms with E-state index in [0.717, 1.165) is 37.3 Å². The summed E-state index contributed by atoms with van der Waals surface area (Å²) in [5.41, 5.74) is 4.93. The van der Waals surface area contributed by atoms with E-state index in [4.69, 9.17) is 4.74 Å². The van der Waals surface area contributed by atoms with Crippen molar-refractivity contribution in [1.82, 2.24) is 4.90 Å². The van der Waals surface area contributed by atoms with Gasteiger partial charge in [-0.15, -0.1) is 0 Å². The van der Waals surface area contributed by atoms with E-state index in [-0.39, 0.29) is 5.78 Å². The van der Waals surface area contributed by atoms with Crippen LogP contribution in [0.1, 0.15) is 44.6 Å². The van der Waals surface area contributed by atoms with Crippen LogP contribution in [-0.4, -0.2) is 37.9 Å². The summed E-state index contributed by atoms with van der Waals surface area (Å²) in [6.45, 7) is 4.09. The van der Waals surface area contributed by atoms with Crippen molar-refractivity contribution in [3.8, 4) is 5.75 Å². The number of ketones is 1. The maximum absolute atomic E-state index is 11.7. The molecule has 0 heterocycles. The van der Waals surface area contributed by atoms with Gasteiger partial charge in [0.25, 0.3) is 0 Å². The molecule has 0 saturated carbocycles. The highest BCUT2D eigenvalue weighted by Gasteiger charge is 2.19. The first-order chi connectivity index (χ1) is 15.1. The Balaban J connectivity index is 1.74. The lowest BCUT2D eigenvalue weighted by Gasteiger charge is -2.21. The van der Waals surface area contributed by atoms with Gasteiger partial charge in [-0.05, 0) is 81.2 Å². The van der Waals surface area contributed by atoms with Crippen molar-refractivity contribution in [2.75, 3.05) is 27.2 Å². The normalized spacial score (nSPS) is 16.8. The molecule has 2 aliphatic carbocycles. The highest BCUT2D eigenvalue weighted by molar-refractivity contribution is 5.96. The van der Waals surface area contributed by atoms with Crippen LogP contribution in [0.25, 0.3) is 5.57 Å². The molecule has 0 spiro atoms. The Morgan fingerprint density at radius 1 is 1.03 bits per heavy atom. The maximum Gasteiger partial charge on any atom is 0.159 e. The predicted molar refractivity (Wildman–Crippen MR) is 130 cm³/mol. The molecule has 0 aromatic heterocycles. The summed E-state index contributed by atoms with van der Waals surface area (Å²) in [6, 6.07) is 8.45. The Morgan fingerprint density at radius 2 is 1.77 bits per heavy atom. The zero-order chi connectivity index (χ0) is 22.1. The fourth-order valence-electron chi connectivity index (χ4n) is 4.11. The molecule has 0 radical (unpaired) electrons. The minimum atomic E-state index is 0.163. The molecule has 2 aliphatic rings. The van der Waals surface area contributed by atoms with E-state index in [1.165, 1.54) is 29.6 Å². The van der Waals surface area contributed by atoms with Crippen LogP contribution in [-0.2, 0) is 4.79 Å². The number of unbranched alkanes of at least 4 members (excludes halogenated alkanes) is 2. The van der Waals surface area contributed by atoms with Crippen LogP contribution in [0.15, 0.2) is 77.9 Å². The van der Waals surface area contributed by atoms with E-state index in [1.807, 2.05) is 6.08 Å². The second-order valence-corrected chi connectivity index (χ2v) is 8.45. The van der Waals surface area contributed by atoms with Gasteiger partial charge in [0, 0.05) is 12.3 Å². The van der Waals surface area contributed by atoms with Crippen LogP contribution in [0.5, 0.6) is 5.75 Å². The van der Waals surface area contributed by atoms with Crippen LogP contribution in [0.3, 0.4) is 0 Å². The lowest BCUT2D eigenvalue weighted by atomic mass is 9.84. The number of rotatable bonds is 11. The SMILES string of the molecule is CC/C(=C(\C1=CCC(=O)C=C1)c1ccc(OCCCCCN(C)C)cc1)C1C=CC=C1. The van der Waals surface area contributed by atoms with Crippen LogP contribution < -0.4 is 4.74 Å². The van der Waals surface area contributed by atoms with Gasteiger partial charge in [-0.2, -0.15) is 0 Å². The zero-order valence-corrected chi connectivity index (χ0v) is 19.1. The Kier molecular flexibility index (Phi) is 8.66. The second kappa shape index (κ2) is 11.7. The van der Waals surface area contributed by atoms with Crippen LogP contribution >= 0.6 is 0 Å². The number of benzene rings is 1. The lowest BCUT2D eigenvalue weighted by molar-refractivity contribution is -0.113. The molecule has 0 bridgehead atoms. The average Bonchev–Trinajstić information content (AvgIpc) is 3.30. The van der Waals surface area contributed by atoms with Gasteiger partial charge < -0.3 is 9.64 Å². The van der Waals surface area contributed by atoms with Gasteiger partial charge in [0.15, 0.2) is 5.78 Å². The Bertz CT molecular complexity index is 885. The first kappa shape index (κ1) is 23.0. The Labute approximate surface area is 187 Å². The summed E-state index contributed by atoms with van der Waals surface area (Å²) in [4.78, 5) is 13.9. The van der Waals surface area contributed by atoms with Gasteiger partial charge in [-0.3, -0.25) is 4.79 Å². The van der Waals surface area contributed by atoms with E-state index < -0.39 is 0 Å². The van der Waals surface area contributed by atoms with Crippen molar-refractivity contribution in [2.45, 2.75) is 39.0 Å². The van der Waals surface area contributed by atoms with E-state index in [9.17, 15) is 4.79 Å². The molecule has 0 amide bonds. The van der Waals surface area contributed by atoms with E-state index in [2.05, 4.69) is 80.6 Å². The molecule has 0 N–H and O–H groups in total. The molecular weight excluding hydrogens is 382 g/mol. The number of ether oxygens (including phenoxy) is 1. The van der Waals surface area contributed by atoms with Crippen molar-refractivity contribution in [1.29, 1.82) is 0 Å².